The molecule has 0 saturated heterocycles. The fourth-order valence-corrected chi connectivity index (χ4v) is 2.34. The van der Waals surface area contributed by atoms with Crippen LogP contribution in [0.2, 0.25) is 0 Å². The van der Waals surface area contributed by atoms with Gasteiger partial charge >= 0.3 is 0 Å². The Labute approximate surface area is 92.7 Å². The van der Waals surface area contributed by atoms with E-state index in [2.05, 4.69) is 4.72 Å². The molecule has 15 heavy (non-hydrogen) atoms. The predicted molar refractivity (Wildman–Crippen MR) is 60.7 cm³/mol. The molecule has 0 aromatic heterocycles. The predicted octanol–water partition coefficient (Wildman–Crippen LogP) is 0.179. The van der Waals surface area contributed by atoms with E-state index in [9.17, 15) is 8.42 Å². The minimum atomic E-state index is -3.40. The first-order valence-electron chi connectivity index (χ1n) is 5.19. The number of hydrogen-bond acceptors (Lipinski definition) is 3. The molecular formula is C9H22N2O3S. The number of hydrogen-bond donors (Lipinski definition) is 2. The molecule has 92 valence electrons. The Bertz CT molecular complexity index is 267. The van der Waals surface area contributed by atoms with Crippen molar-refractivity contribution in [2.45, 2.75) is 33.2 Å². The Morgan fingerprint density at radius 1 is 1.40 bits per heavy atom. The average Bonchev–Trinajstić information content (AvgIpc) is 2.16. The van der Waals surface area contributed by atoms with E-state index in [0.29, 0.717) is 6.54 Å². The van der Waals surface area contributed by atoms with Gasteiger partial charge in [-0.05, 0) is 19.3 Å². The van der Waals surface area contributed by atoms with Gasteiger partial charge in [0, 0.05) is 26.2 Å². The van der Waals surface area contributed by atoms with Crippen molar-refractivity contribution in [2.24, 2.45) is 5.92 Å². The molecule has 2 N–H and O–H groups in total. The van der Waals surface area contributed by atoms with Crippen molar-refractivity contribution in [3.05, 3.63) is 0 Å². The third-order valence-corrected chi connectivity index (χ3v) is 4.10. The van der Waals surface area contributed by atoms with Crippen LogP contribution in [0.5, 0.6) is 0 Å². The minimum absolute atomic E-state index is 0.0266. The number of aliphatic hydroxyl groups is 1. The highest BCUT2D eigenvalue weighted by molar-refractivity contribution is 7.87. The molecule has 0 aromatic rings. The summed E-state index contributed by atoms with van der Waals surface area (Å²) in [6, 6.07) is -0.265. The largest absolute Gasteiger partial charge is 0.396 e. The van der Waals surface area contributed by atoms with E-state index in [1.165, 1.54) is 4.31 Å². The maximum Gasteiger partial charge on any atom is 0.279 e. The molecule has 0 fully saturated rings. The Morgan fingerprint density at radius 3 is 2.33 bits per heavy atom. The summed E-state index contributed by atoms with van der Waals surface area (Å²) < 4.78 is 27.2. The van der Waals surface area contributed by atoms with Crippen LogP contribution in [0.3, 0.4) is 0 Å². The summed E-state index contributed by atoms with van der Waals surface area (Å²) in [6.45, 7) is 5.94. The SMILES string of the molecule is CCCN(C)S(=O)(=O)NC(C)C(C)CO. The number of rotatable bonds is 7. The van der Waals surface area contributed by atoms with Crippen LogP contribution in [0, 0.1) is 5.92 Å². The summed E-state index contributed by atoms with van der Waals surface area (Å²) in [6.07, 6.45) is 0.779. The average molecular weight is 238 g/mol. The number of nitrogens with one attached hydrogen (secondary N) is 1. The van der Waals surface area contributed by atoms with Crippen LogP contribution < -0.4 is 4.72 Å². The summed E-state index contributed by atoms with van der Waals surface area (Å²) in [5.41, 5.74) is 0. The zero-order chi connectivity index (χ0) is 12.1. The molecule has 0 saturated carbocycles. The maximum absolute atomic E-state index is 11.7. The molecule has 6 heteroatoms. The first-order valence-corrected chi connectivity index (χ1v) is 6.63. The summed E-state index contributed by atoms with van der Waals surface area (Å²) in [5, 5.41) is 8.90. The number of nitrogens with zero attached hydrogens (tertiary/aromatic N) is 1. The molecule has 5 nitrogen and oxygen atoms in total. The molecule has 0 radical (unpaired) electrons. The van der Waals surface area contributed by atoms with E-state index in [1.807, 2.05) is 6.92 Å². The van der Waals surface area contributed by atoms with E-state index in [4.69, 9.17) is 5.11 Å². The molecule has 0 bridgehead atoms. The van der Waals surface area contributed by atoms with Crippen LogP contribution in [0.4, 0.5) is 0 Å². The Kier molecular flexibility index (Phi) is 6.35. The zero-order valence-corrected chi connectivity index (χ0v) is 10.7. The molecule has 2 atom stereocenters. The molecule has 0 spiro atoms. The van der Waals surface area contributed by atoms with Gasteiger partial charge in [0.1, 0.15) is 0 Å². The van der Waals surface area contributed by atoms with Gasteiger partial charge in [0.05, 0.1) is 0 Å². The Balaban J connectivity index is 4.37. The van der Waals surface area contributed by atoms with Crippen molar-refractivity contribution in [3.8, 4) is 0 Å². The summed E-state index contributed by atoms with van der Waals surface area (Å²) in [7, 11) is -1.86. The van der Waals surface area contributed by atoms with Gasteiger partial charge in [-0.1, -0.05) is 13.8 Å². The van der Waals surface area contributed by atoms with Gasteiger partial charge in [-0.25, -0.2) is 0 Å². The topological polar surface area (TPSA) is 69.6 Å². The summed E-state index contributed by atoms with van der Waals surface area (Å²) in [4.78, 5) is 0. The maximum atomic E-state index is 11.7. The van der Waals surface area contributed by atoms with Crippen molar-refractivity contribution >= 4 is 10.2 Å². The normalized spacial score (nSPS) is 16.7. The monoisotopic (exact) mass is 238 g/mol. The third-order valence-electron chi connectivity index (χ3n) is 2.43. The number of aliphatic hydroxyl groups excluding tert-OH is 1. The molecule has 2 unspecified atom stereocenters. The molecule has 0 aromatic carbocycles. The van der Waals surface area contributed by atoms with E-state index in [0.717, 1.165) is 6.42 Å². The van der Waals surface area contributed by atoms with Gasteiger partial charge in [-0.2, -0.15) is 17.4 Å². The van der Waals surface area contributed by atoms with Gasteiger partial charge in [0.25, 0.3) is 10.2 Å². The lowest BCUT2D eigenvalue weighted by atomic mass is 10.1. The van der Waals surface area contributed by atoms with Crippen molar-refractivity contribution in [3.63, 3.8) is 0 Å². The first kappa shape index (κ1) is 14.8. The molecule has 0 aliphatic heterocycles. The molecular weight excluding hydrogens is 216 g/mol. The smallest absolute Gasteiger partial charge is 0.279 e. The van der Waals surface area contributed by atoms with Crippen LogP contribution in [0.25, 0.3) is 0 Å². The second-order valence-corrected chi connectivity index (χ2v) is 5.70. The third kappa shape index (κ3) is 4.92. The molecule has 0 aliphatic carbocycles. The van der Waals surface area contributed by atoms with Gasteiger partial charge in [-0.3, -0.25) is 0 Å². The van der Waals surface area contributed by atoms with E-state index in [1.54, 1.807) is 20.9 Å². The minimum Gasteiger partial charge on any atom is -0.396 e. The lowest BCUT2D eigenvalue weighted by Crippen LogP contribution is -2.45. The van der Waals surface area contributed by atoms with Gasteiger partial charge < -0.3 is 5.11 Å². The second-order valence-electron chi connectivity index (χ2n) is 3.89. The molecule has 0 rings (SSSR count). The molecule has 0 amide bonds. The van der Waals surface area contributed by atoms with E-state index >= 15 is 0 Å². The Hall–Kier alpha value is -0.170. The van der Waals surface area contributed by atoms with Crippen LogP contribution in [0.1, 0.15) is 27.2 Å². The summed E-state index contributed by atoms with van der Waals surface area (Å²) >= 11 is 0. The standard InChI is InChI=1S/C9H22N2O3S/c1-5-6-11(4)15(13,14)10-9(3)8(2)7-12/h8-10,12H,5-7H2,1-4H3. The highest BCUT2D eigenvalue weighted by Gasteiger charge is 2.22. The van der Waals surface area contributed by atoms with Crippen LogP contribution >= 0.6 is 0 Å². The fourth-order valence-electron chi connectivity index (χ4n) is 1.03. The van der Waals surface area contributed by atoms with Gasteiger partial charge in [0.15, 0.2) is 0 Å². The first-order chi connectivity index (χ1) is 6.85. The van der Waals surface area contributed by atoms with Crippen molar-refractivity contribution < 1.29 is 13.5 Å². The van der Waals surface area contributed by atoms with Crippen molar-refractivity contribution in [1.29, 1.82) is 0 Å². The lowest BCUT2D eigenvalue weighted by molar-refractivity contribution is 0.215. The van der Waals surface area contributed by atoms with Gasteiger partial charge in [0.2, 0.25) is 0 Å². The quantitative estimate of drug-likeness (QED) is 0.665. The summed E-state index contributed by atoms with van der Waals surface area (Å²) in [5.74, 6) is -0.0881. The fraction of sp³-hybridized carbons (Fsp3) is 1.00. The van der Waals surface area contributed by atoms with Crippen LogP contribution in [-0.2, 0) is 10.2 Å². The molecule has 0 aliphatic rings. The highest BCUT2D eigenvalue weighted by Crippen LogP contribution is 2.04. The van der Waals surface area contributed by atoms with Crippen LogP contribution in [0.15, 0.2) is 0 Å². The van der Waals surface area contributed by atoms with Crippen molar-refractivity contribution in [1.82, 2.24) is 9.03 Å². The Morgan fingerprint density at radius 2 is 1.93 bits per heavy atom. The second kappa shape index (κ2) is 6.42. The van der Waals surface area contributed by atoms with Gasteiger partial charge in [-0.15, -0.1) is 0 Å². The van der Waals surface area contributed by atoms with Crippen molar-refractivity contribution in [2.75, 3.05) is 20.2 Å². The highest BCUT2D eigenvalue weighted by atomic mass is 32.2. The zero-order valence-electron chi connectivity index (χ0n) is 9.90. The lowest BCUT2D eigenvalue weighted by Gasteiger charge is -2.23. The van der Waals surface area contributed by atoms with Crippen LogP contribution in [-0.4, -0.2) is 44.1 Å². The van der Waals surface area contributed by atoms with E-state index in [-0.39, 0.29) is 18.6 Å². The van der Waals surface area contributed by atoms with E-state index < -0.39 is 10.2 Å². The molecule has 0 heterocycles.